The first-order chi connectivity index (χ1) is 12.3. The van der Waals surface area contributed by atoms with Crippen LogP contribution < -0.4 is 21.5 Å². The summed E-state index contributed by atoms with van der Waals surface area (Å²) in [5.41, 5.74) is 7.66. The second-order valence-corrected chi connectivity index (χ2v) is 8.03. The maximum absolute atomic E-state index is 12.5. The van der Waals surface area contributed by atoms with Crippen LogP contribution in [0.1, 0.15) is 12.0 Å². The number of thioether (sulfide) groups is 1. The largest absolute Gasteiger partial charge is 0.348 e. The van der Waals surface area contributed by atoms with Crippen LogP contribution in [-0.4, -0.2) is 59.9 Å². The quantitative estimate of drug-likeness (QED) is 0.578. The van der Waals surface area contributed by atoms with Crippen molar-refractivity contribution < 1.29 is 9.63 Å². The molecule has 0 aromatic heterocycles. The highest BCUT2D eigenvalue weighted by Crippen LogP contribution is 2.25. The Labute approximate surface area is 152 Å². The van der Waals surface area contributed by atoms with E-state index in [4.69, 9.17) is 4.84 Å². The molecule has 0 radical (unpaired) electrons. The van der Waals surface area contributed by atoms with Gasteiger partial charge in [0.05, 0.1) is 6.04 Å². The van der Waals surface area contributed by atoms with Crippen LogP contribution >= 0.6 is 11.8 Å². The molecule has 136 valence electrons. The molecule has 8 heteroatoms. The van der Waals surface area contributed by atoms with Crippen LogP contribution in [0.4, 0.5) is 0 Å². The van der Waals surface area contributed by atoms with E-state index in [2.05, 4.69) is 38.7 Å². The molecule has 1 amide bonds. The van der Waals surface area contributed by atoms with Gasteiger partial charge in [0, 0.05) is 49.8 Å². The van der Waals surface area contributed by atoms with Crippen molar-refractivity contribution in [2.24, 2.45) is 0 Å². The number of amides is 1. The van der Waals surface area contributed by atoms with Gasteiger partial charge >= 0.3 is 0 Å². The van der Waals surface area contributed by atoms with E-state index < -0.39 is 6.10 Å². The predicted molar refractivity (Wildman–Crippen MR) is 97.4 cm³/mol. The number of nitrogens with one attached hydrogen (secondary N) is 4. The molecule has 1 aromatic carbocycles. The minimum Gasteiger partial charge on any atom is -0.348 e. The van der Waals surface area contributed by atoms with Crippen molar-refractivity contribution in [3.63, 3.8) is 0 Å². The van der Waals surface area contributed by atoms with Crippen LogP contribution in [0, 0.1) is 0 Å². The molecule has 0 saturated carbocycles. The van der Waals surface area contributed by atoms with Crippen LogP contribution in [0.2, 0.25) is 0 Å². The summed E-state index contributed by atoms with van der Waals surface area (Å²) in [6, 6.07) is 10.7. The van der Waals surface area contributed by atoms with E-state index in [1.807, 2.05) is 30.0 Å². The maximum atomic E-state index is 12.5. The monoisotopic (exact) mass is 363 g/mol. The third-order valence-electron chi connectivity index (χ3n) is 4.88. The predicted octanol–water partition coefficient (Wildman–Crippen LogP) is -0.184. The van der Waals surface area contributed by atoms with Gasteiger partial charge in [0.2, 0.25) is 0 Å². The van der Waals surface area contributed by atoms with Crippen LogP contribution in [0.5, 0.6) is 0 Å². The first kappa shape index (κ1) is 17.3. The highest BCUT2D eigenvalue weighted by Gasteiger charge is 2.38. The summed E-state index contributed by atoms with van der Waals surface area (Å²) in [7, 11) is 0. The van der Waals surface area contributed by atoms with Crippen molar-refractivity contribution in [2.75, 3.05) is 25.5 Å². The van der Waals surface area contributed by atoms with Gasteiger partial charge in [-0.2, -0.15) is 5.48 Å². The number of hydrogen-bond acceptors (Lipinski definition) is 7. The van der Waals surface area contributed by atoms with E-state index in [1.54, 1.807) is 0 Å². The second kappa shape index (κ2) is 8.03. The molecule has 4 N–H and O–H groups in total. The van der Waals surface area contributed by atoms with Crippen LogP contribution in [0.15, 0.2) is 30.3 Å². The van der Waals surface area contributed by atoms with E-state index in [9.17, 15) is 4.79 Å². The molecule has 0 bridgehead atoms. The van der Waals surface area contributed by atoms with Gasteiger partial charge in [-0.3, -0.25) is 15.1 Å². The van der Waals surface area contributed by atoms with E-state index >= 15 is 0 Å². The van der Waals surface area contributed by atoms with Gasteiger partial charge in [-0.25, -0.2) is 5.01 Å². The lowest BCUT2D eigenvalue weighted by Gasteiger charge is -2.17. The molecule has 0 aliphatic carbocycles. The van der Waals surface area contributed by atoms with Gasteiger partial charge in [0.25, 0.3) is 5.91 Å². The first-order valence-electron chi connectivity index (χ1n) is 8.84. The fraction of sp³-hybridized carbons (Fsp3) is 0.588. The van der Waals surface area contributed by atoms with Crippen molar-refractivity contribution in [2.45, 2.75) is 36.4 Å². The lowest BCUT2D eigenvalue weighted by atomic mass is 10.1. The molecule has 4 unspecified atom stereocenters. The minimum atomic E-state index is -0.394. The second-order valence-electron chi connectivity index (χ2n) is 6.80. The van der Waals surface area contributed by atoms with Crippen molar-refractivity contribution in [3.05, 3.63) is 35.9 Å². The minimum absolute atomic E-state index is 0.0145. The summed E-state index contributed by atoms with van der Waals surface area (Å²) < 4.78 is 0. The number of rotatable bonds is 5. The fourth-order valence-corrected chi connectivity index (χ4v) is 4.60. The summed E-state index contributed by atoms with van der Waals surface area (Å²) in [5, 5.41) is 9.08. The molecule has 3 fully saturated rings. The number of benzene rings is 1. The Morgan fingerprint density at radius 2 is 2.20 bits per heavy atom. The number of hydroxylamine groups is 1. The van der Waals surface area contributed by atoms with Gasteiger partial charge in [-0.1, -0.05) is 30.3 Å². The Kier molecular flexibility index (Phi) is 5.54. The average molecular weight is 363 g/mol. The van der Waals surface area contributed by atoms with Gasteiger partial charge in [-0.05, 0) is 5.56 Å². The summed E-state index contributed by atoms with van der Waals surface area (Å²) in [4.78, 5) is 18.0. The molecule has 4 rings (SSSR count). The molecular weight excluding hydrogens is 338 g/mol. The van der Waals surface area contributed by atoms with Gasteiger partial charge in [-0.15, -0.1) is 11.8 Å². The molecular formula is C17H25N5O2S. The molecule has 0 spiro atoms. The molecule has 1 aromatic rings. The topological polar surface area (TPSA) is 77.7 Å². The maximum Gasteiger partial charge on any atom is 0.251 e. The van der Waals surface area contributed by atoms with Gasteiger partial charge < -0.3 is 10.6 Å². The van der Waals surface area contributed by atoms with Gasteiger partial charge in [0.1, 0.15) is 0 Å². The van der Waals surface area contributed by atoms with Crippen molar-refractivity contribution in [1.82, 2.24) is 26.5 Å². The lowest BCUT2D eigenvalue weighted by Crippen LogP contribution is -2.44. The molecule has 3 heterocycles. The van der Waals surface area contributed by atoms with Crippen LogP contribution in [-0.2, 0) is 16.2 Å². The van der Waals surface area contributed by atoms with Gasteiger partial charge in [0.15, 0.2) is 6.10 Å². The molecule has 3 aliphatic heterocycles. The van der Waals surface area contributed by atoms with E-state index in [0.29, 0.717) is 5.25 Å². The zero-order valence-electron chi connectivity index (χ0n) is 14.1. The Morgan fingerprint density at radius 1 is 1.32 bits per heavy atom. The zero-order valence-corrected chi connectivity index (χ0v) is 14.9. The highest BCUT2D eigenvalue weighted by molar-refractivity contribution is 8.00. The number of hydrazine groups is 1. The number of hydrogen-bond donors (Lipinski definition) is 4. The Bertz CT molecular complexity index is 584. The Hall–Kier alpha value is -1.16. The van der Waals surface area contributed by atoms with Crippen LogP contribution in [0.25, 0.3) is 0 Å². The Balaban J connectivity index is 1.22. The summed E-state index contributed by atoms with van der Waals surface area (Å²) in [5.74, 6) is 0.962. The number of nitrogens with zero attached hydrogens (tertiary/aromatic N) is 1. The first-order valence-corrected chi connectivity index (χ1v) is 9.89. The zero-order chi connectivity index (χ0) is 17.1. The standard InChI is InChI=1S/C17H25N5O2S/c23-17(15-6-14(21-24-15)16-8-18-11-25-16)20-13-7-19-22(10-13)9-12-4-2-1-3-5-12/h1-5,13-16,18-19,21H,6-11H2,(H,20,23). The Morgan fingerprint density at radius 3 is 3.00 bits per heavy atom. The lowest BCUT2D eigenvalue weighted by molar-refractivity contribution is -0.133. The summed E-state index contributed by atoms with van der Waals surface area (Å²) in [6.45, 7) is 3.36. The molecule has 3 aliphatic rings. The summed E-state index contributed by atoms with van der Waals surface area (Å²) >= 11 is 1.89. The summed E-state index contributed by atoms with van der Waals surface area (Å²) in [6.07, 6.45) is 0.341. The third kappa shape index (κ3) is 4.33. The van der Waals surface area contributed by atoms with Crippen LogP contribution in [0.3, 0.4) is 0 Å². The van der Waals surface area contributed by atoms with E-state index in [0.717, 1.165) is 38.5 Å². The fourth-order valence-electron chi connectivity index (χ4n) is 3.52. The SMILES string of the molecule is O=C(NC1CNN(Cc2ccccc2)C1)C1CC(C2CNCS2)NO1. The number of carbonyl (C=O) groups is 1. The highest BCUT2D eigenvalue weighted by atomic mass is 32.2. The van der Waals surface area contributed by atoms with Crippen molar-refractivity contribution in [1.29, 1.82) is 0 Å². The van der Waals surface area contributed by atoms with E-state index in [-0.39, 0.29) is 18.0 Å². The molecule has 25 heavy (non-hydrogen) atoms. The average Bonchev–Trinajstić information content (AvgIpc) is 3.37. The molecule has 7 nitrogen and oxygen atoms in total. The smallest absolute Gasteiger partial charge is 0.251 e. The van der Waals surface area contributed by atoms with Crippen molar-refractivity contribution >= 4 is 17.7 Å². The normalized spacial score (nSPS) is 33.0. The molecule has 3 saturated heterocycles. The molecule has 4 atom stereocenters. The third-order valence-corrected chi connectivity index (χ3v) is 6.17. The number of carbonyl (C=O) groups excluding carboxylic acids is 1. The van der Waals surface area contributed by atoms with Crippen molar-refractivity contribution in [3.8, 4) is 0 Å². The van der Waals surface area contributed by atoms with E-state index in [1.165, 1.54) is 5.56 Å².